The number of carbonyl (C=O) groups excluding carboxylic acids is 2. The normalized spacial score (nSPS) is 18.4. The molecular weight excluding hydrogens is 424 g/mol. The van der Waals surface area contributed by atoms with Gasteiger partial charge in [-0.3, -0.25) is 14.4 Å². The van der Waals surface area contributed by atoms with E-state index in [1.807, 2.05) is 13.8 Å². The molecule has 3 aromatic heterocycles. The van der Waals surface area contributed by atoms with Gasteiger partial charge in [-0.05, 0) is 26.0 Å². The molecule has 0 unspecified atom stereocenters. The number of pyridine rings is 1. The summed E-state index contributed by atoms with van der Waals surface area (Å²) >= 11 is 1.22. The summed E-state index contributed by atoms with van der Waals surface area (Å²) in [5.41, 5.74) is 6.76. The Hall–Kier alpha value is -3.61. The van der Waals surface area contributed by atoms with Crippen LogP contribution in [0.2, 0.25) is 0 Å². The lowest BCUT2D eigenvalue weighted by Gasteiger charge is -2.45. The predicted octanol–water partition coefficient (Wildman–Crippen LogP) is 0.168. The van der Waals surface area contributed by atoms with Crippen molar-refractivity contribution in [1.82, 2.24) is 34.6 Å². The molecule has 0 radical (unpaired) electrons. The Morgan fingerprint density at radius 2 is 1.94 bits per heavy atom. The lowest BCUT2D eigenvalue weighted by atomic mass is 10.0. The minimum absolute atomic E-state index is 0.0347. The van der Waals surface area contributed by atoms with Gasteiger partial charge in [0.25, 0.3) is 12.4 Å². The average molecular weight is 446 g/mol. The van der Waals surface area contributed by atoms with Crippen LogP contribution in [0.5, 0.6) is 0 Å². The van der Waals surface area contributed by atoms with Gasteiger partial charge in [-0.25, -0.2) is 9.50 Å². The molecule has 13 heteroatoms. The van der Waals surface area contributed by atoms with Crippen molar-refractivity contribution in [2.45, 2.75) is 32.4 Å². The van der Waals surface area contributed by atoms with Gasteiger partial charge in [0.2, 0.25) is 11.0 Å². The number of hydrogen-bond acceptors (Lipinski definition) is 9. The number of carboxylic acid groups (broad SMARTS) is 1. The van der Waals surface area contributed by atoms with Crippen LogP contribution in [0.25, 0.3) is 5.65 Å². The van der Waals surface area contributed by atoms with Crippen molar-refractivity contribution >= 4 is 40.4 Å². The van der Waals surface area contributed by atoms with E-state index in [0.29, 0.717) is 34.4 Å². The lowest BCUT2D eigenvalue weighted by molar-refractivity contribution is -0.136. The molecule has 4 heterocycles. The van der Waals surface area contributed by atoms with Crippen molar-refractivity contribution in [2.24, 2.45) is 0 Å². The number of anilines is 1. The Labute approximate surface area is 181 Å². The number of nitrogen functional groups attached to an aromatic ring is 1. The maximum atomic E-state index is 13.0. The summed E-state index contributed by atoms with van der Waals surface area (Å²) in [6, 6.07) is 3.22. The number of piperazine rings is 1. The largest absolute Gasteiger partial charge is 0.483 e. The summed E-state index contributed by atoms with van der Waals surface area (Å²) in [6.07, 6.45) is 3.34. The monoisotopic (exact) mass is 446 g/mol. The van der Waals surface area contributed by atoms with Crippen LogP contribution in [0.4, 0.5) is 5.13 Å². The maximum Gasteiger partial charge on any atom is 0.290 e. The Kier molecular flexibility index (Phi) is 6.74. The smallest absolute Gasteiger partial charge is 0.290 e. The third-order valence-corrected chi connectivity index (χ3v) is 5.91. The van der Waals surface area contributed by atoms with Gasteiger partial charge in [0.05, 0.1) is 6.42 Å². The van der Waals surface area contributed by atoms with Gasteiger partial charge in [-0.1, -0.05) is 11.3 Å². The predicted molar refractivity (Wildman–Crippen MR) is 111 cm³/mol. The molecule has 164 valence electrons. The second-order valence-electron chi connectivity index (χ2n) is 6.86. The molecule has 1 aliphatic rings. The molecule has 3 aromatic rings. The topological polar surface area (TPSA) is 160 Å². The minimum atomic E-state index is -0.250. The molecule has 2 atom stereocenters. The molecule has 4 rings (SSSR count). The molecule has 31 heavy (non-hydrogen) atoms. The van der Waals surface area contributed by atoms with Gasteiger partial charge in [-0.15, -0.1) is 10.2 Å². The third-order valence-electron chi connectivity index (χ3n) is 5.16. The van der Waals surface area contributed by atoms with Crippen molar-refractivity contribution in [3.05, 3.63) is 35.2 Å². The fourth-order valence-corrected chi connectivity index (χ4v) is 4.07. The van der Waals surface area contributed by atoms with Gasteiger partial charge in [0.1, 0.15) is 11.3 Å². The first kappa shape index (κ1) is 22.1. The van der Waals surface area contributed by atoms with Crippen LogP contribution in [0.15, 0.2) is 24.7 Å². The van der Waals surface area contributed by atoms with E-state index in [1.54, 1.807) is 32.6 Å². The number of nitrogens with two attached hydrogens (primary N) is 1. The highest BCUT2D eigenvalue weighted by Gasteiger charge is 2.36. The molecule has 0 saturated carbocycles. The SMILES string of the molecule is C[C@@H]1[C@H](C)N(C(=O)Cc2nnc(N)s2)CCN1C(=O)c1ccn2ncnc2c1.O=CO. The highest BCUT2D eigenvalue weighted by Crippen LogP contribution is 2.22. The molecule has 0 aromatic carbocycles. The second kappa shape index (κ2) is 9.47. The number of hydrogen-bond donors (Lipinski definition) is 2. The summed E-state index contributed by atoms with van der Waals surface area (Å²) in [6.45, 7) is 4.60. The van der Waals surface area contributed by atoms with Crippen LogP contribution in [0.1, 0.15) is 29.2 Å². The van der Waals surface area contributed by atoms with Crippen molar-refractivity contribution in [3.8, 4) is 0 Å². The standard InChI is InChI=1S/C17H20N8O2S.CH2O2/c1-10-11(2)24(16(27)12-3-4-25-13(7-12)19-9-20-25)6-5-23(10)15(26)8-14-21-22-17(18)28-14;2-1-3/h3-4,7,9-11H,5-6,8H2,1-2H3,(H2,18,22);1H,(H,2,3)/t10-,11+;/m0./s1. The molecule has 2 amide bonds. The third kappa shape index (κ3) is 4.77. The molecule has 0 aliphatic carbocycles. The fourth-order valence-electron chi connectivity index (χ4n) is 3.46. The zero-order valence-corrected chi connectivity index (χ0v) is 17.8. The van der Waals surface area contributed by atoms with Crippen molar-refractivity contribution in [2.75, 3.05) is 18.8 Å². The molecule has 12 nitrogen and oxygen atoms in total. The van der Waals surface area contributed by atoms with Crippen LogP contribution in [0.3, 0.4) is 0 Å². The zero-order chi connectivity index (χ0) is 22.5. The van der Waals surface area contributed by atoms with Crippen LogP contribution in [-0.2, 0) is 16.0 Å². The van der Waals surface area contributed by atoms with E-state index in [4.69, 9.17) is 15.6 Å². The van der Waals surface area contributed by atoms with E-state index < -0.39 is 0 Å². The first-order chi connectivity index (χ1) is 14.8. The Bertz CT molecular complexity index is 1080. The number of nitrogens with zero attached hydrogens (tertiary/aromatic N) is 7. The molecule has 3 N–H and O–H groups in total. The molecule has 1 saturated heterocycles. The minimum Gasteiger partial charge on any atom is -0.483 e. The summed E-state index contributed by atoms with van der Waals surface area (Å²) in [7, 11) is 0. The number of fused-ring (bicyclic) bond motifs is 1. The summed E-state index contributed by atoms with van der Waals surface area (Å²) in [4.78, 5) is 41.8. The number of amides is 2. The quantitative estimate of drug-likeness (QED) is 0.534. The van der Waals surface area contributed by atoms with Crippen LogP contribution >= 0.6 is 11.3 Å². The van der Waals surface area contributed by atoms with Gasteiger partial charge < -0.3 is 20.6 Å². The first-order valence-electron chi connectivity index (χ1n) is 9.41. The Balaban J connectivity index is 0.000000858. The van der Waals surface area contributed by atoms with Crippen LogP contribution in [0, 0.1) is 0 Å². The van der Waals surface area contributed by atoms with Crippen molar-refractivity contribution in [3.63, 3.8) is 0 Å². The molecule has 1 aliphatic heterocycles. The second-order valence-corrected chi connectivity index (χ2v) is 7.95. The highest BCUT2D eigenvalue weighted by atomic mass is 32.1. The van der Waals surface area contributed by atoms with E-state index in [2.05, 4.69) is 20.3 Å². The lowest BCUT2D eigenvalue weighted by Crippen LogP contribution is -2.60. The van der Waals surface area contributed by atoms with Crippen molar-refractivity contribution < 1.29 is 19.5 Å². The molecule has 1 fully saturated rings. The average Bonchev–Trinajstić information content (AvgIpc) is 3.38. The highest BCUT2D eigenvalue weighted by molar-refractivity contribution is 7.15. The molecule has 0 bridgehead atoms. The number of aromatic nitrogens is 5. The summed E-state index contributed by atoms with van der Waals surface area (Å²) in [5, 5.41) is 19.5. The Morgan fingerprint density at radius 1 is 1.26 bits per heavy atom. The first-order valence-corrected chi connectivity index (χ1v) is 10.2. The van der Waals surface area contributed by atoms with Gasteiger partial charge in [-0.2, -0.15) is 5.10 Å². The van der Waals surface area contributed by atoms with E-state index in [9.17, 15) is 9.59 Å². The van der Waals surface area contributed by atoms with Crippen LogP contribution in [-0.4, -0.2) is 83.2 Å². The van der Waals surface area contributed by atoms with Crippen molar-refractivity contribution in [1.29, 1.82) is 0 Å². The van der Waals surface area contributed by atoms with E-state index in [-0.39, 0.29) is 36.8 Å². The number of carbonyl (C=O) groups is 3. The van der Waals surface area contributed by atoms with E-state index in [1.165, 1.54) is 17.7 Å². The van der Waals surface area contributed by atoms with Gasteiger partial charge >= 0.3 is 0 Å². The molecular formula is C18H22N8O4S. The van der Waals surface area contributed by atoms with E-state index in [0.717, 1.165) is 0 Å². The molecule has 0 spiro atoms. The summed E-state index contributed by atoms with van der Waals surface area (Å²) in [5.74, 6) is -0.110. The Morgan fingerprint density at radius 3 is 2.61 bits per heavy atom. The van der Waals surface area contributed by atoms with E-state index >= 15 is 0 Å². The summed E-state index contributed by atoms with van der Waals surface area (Å²) < 4.78 is 1.61. The van der Waals surface area contributed by atoms with Gasteiger partial charge in [0, 0.05) is 36.9 Å². The zero-order valence-electron chi connectivity index (χ0n) is 17.0. The van der Waals surface area contributed by atoms with Crippen LogP contribution < -0.4 is 5.73 Å². The number of rotatable bonds is 3. The fraction of sp³-hybridized carbons (Fsp3) is 0.389. The maximum absolute atomic E-state index is 13.0. The van der Waals surface area contributed by atoms with Gasteiger partial charge in [0.15, 0.2) is 5.65 Å².